The molecule has 0 N–H and O–H groups in total. The minimum Gasteiger partial charge on any atom is -0.342 e. The van der Waals surface area contributed by atoms with Gasteiger partial charge in [-0.05, 0) is 37.3 Å². The maximum Gasteiger partial charge on any atom is 0.233 e. The molecule has 0 spiro atoms. The molecule has 2 nitrogen and oxygen atoms in total. The highest BCUT2D eigenvalue weighted by Gasteiger charge is 2.53. The number of likely N-dealkylation sites (tertiary alicyclic amines) is 1. The van der Waals surface area contributed by atoms with Gasteiger partial charge in [0.1, 0.15) is 0 Å². The molecule has 0 bridgehead atoms. The average Bonchev–Trinajstić information content (AvgIpc) is 3.24. The van der Waals surface area contributed by atoms with E-state index < -0.39 is 0 Å². The van der Waals surface area contributed by atoms with Gasteiger partial charge in [-0.2, -0.15) is 0 Å². The zero-order chi connectivity index (χ0) is 13.3. The molecule has 1 aromatic rings. The Bertz CT molecular complexity index is 473. The van der Waals surface area contributed by atoms with Crippen LogP contribution in [0.3, 0.4) is 0 Å². The summed E-state index contributed by atoms with van der Waals surface area (Å²) in [7, 11) is 0. The number of nitrogens with zero attached hydrogens (tertiary/aromatic N) is 1. The molecule has 0 radical (unpaired) electrons. The van der Waals surface area contributed by atoms with E-state index in [-0.39, 0.29) is 5.41 Å². The van der Waals surface area contributed by atoms with Gasteiger partial charge in [-0.15, -0.1) is 0 Å². The number of hydrogen-bond acceptors (Lipinski definition) is 1. The van der Waals surface area contributed by atoms with E-state index in [4.69, 9.17) is 11.6 Å². The molecule has 1 aliphatic carbocycles. The summed E-state index contributed by atoms with van der Waals surface area (Å²) >= 11 is 6.29. The Hall–Kier alpha value is -1.02. The molecule has 1 aromatic carbocycles. The van der Waals surface area contributed by atoms with E-state index in [1.165, 1.54) is 12.8 Å². The Morgan fingerprint density at radius 2 is 1.68 bits per heavy atom. The van der Waals surface area contributed by atoms with E-state index in [1.54, 1.807) is 0 Å². The third kappa shape index (κ3) is 2.38. The summed E-state index contributed by atoms with van der Waals surface area (Å²) in [6.45, 7) is 1.84. The smallest absolute Gasteiger partial charge is 0.233 e. The second-order valence-electron chi connectivity index (χ2n) is 5.77. The van der Waals surface area contributed by atoms with Crippen molar-refractivity contribution in [3.8, 4) is 0 Å². The summed E-state index contributed by atoms with van der Waals surface area (Å²) in [4.78, 5) is 14.9. The van der Waals surface area contributed by atoms with E-state index in [2.05, 4.69) is 4.90 Å². The summed E-state index contributed by atoms with van der Waals surface area (Å²) < 4.78 is 0. The summed E-state index contributed by atoms with van der Waals surface area (Å²) in [5.41, 5.74) is 0.730. The maximum absolute atomic E-state index is 12.9. The second kappa shape index (κ2) is 5.16. The molecule has 1 amide bonds. The molecule has 1 aliphatic heterocycles. The quantitative estimate of drug-likeness (QED) is 0.806. The Balaban J connectivity index is 1.84. The van der Waals surface area contributed by atoms with Crippen LogP contribution >= 0.6 is 11.6 Å². The highest BCUT2D eigenvalue weighted by atomic mass is 35.5. The van der Waals surface area contributed by atoms with Gasteiger partial charge in [-0.1, -0.05) is 42.6 Å². The Kier molecular flexibility index (Phi) is 3.53. The van der Waals surface area contributed by atoms with Crippen LogP contribution < -0.4 is 0 Å². The van der Waals surface area contributed by atoms with E-state index in [1.807, 2.05) is 24.3 Å². The fraction of sp³-hybridized carbons (Fsp3) is 0.562. The normalized spacial score (nSPS) is 21.8. The molecule has 2 aliphatic rings. The van der Waals surface area contributed by atoms with Gasteiger partial charge in [-0.25, -0.2) is 0 Å². The van der Waals surface area contributed by atoms with Crippen molar-refractivity contribution < 1.29 is 4.79 Å². The summed E-state index contributed by atoms with van der Waals surface area (Å²) in [5.74, 6) is 0.308. The SMILES string of the molecule is O=C(N1CCCCCC1)C1(c2ccccc2Cl)CC1. The van der Waals surface area contributed by atoms with Gasteiger partial charge >= 0.3 is 0 Å². The predicted molar refractivity (Wildman–Crippen MR) is 77.4 cm³/mol. The lowest BCUT2D eigenvalue weighted by molar-refractivity contribution is -0.133. The van der Waals surface area contributed by atoms with E-state index in [0.29, 0.717) is 5.91 Å². The van der Waals surface area contributed by atoms with Crippen molar-refractivity contribution in [3.05, 3.63) is 34.9 Å². The molecule has 1 heterocycles. The molecule has 3 rings (SSSR count). The third-order valence-electron chi connectivity index (χ3n) is 4.44. The number of halogens is 1. The van der Waals surface area contributed by atoms with Crippen molar-refractivity contribution in [2.24, 2.45) is 0 Å². The lowest BCUT2D eigenvalue weighted by atomic mass is 9.94. The first-order chi connectivity index (χ1) is 9.24. The van der Waals surface area contributed by atoms with Gasteiger partial charge in [0, 0.05) is 18.1 Å². The summed E-state index contributed by atoms with van der Waals surface area (Å²) in [6, 6.07) is 7.83. The summed E-state index contributed by atoms with van der Waals surface area (Å²) in [5, 5.41) is 0.739. The molecule has 1 saturated carbocycles. The lowest BCUT2D eigenvalue weighted by Gasteiger charge is -2.26. The standard InChI is InChI=1S/C16H20ClNO/c17-14-8-4-3-7-13(14)16(9-10-16)15(19)18-11-5-1-2-6-12-18/h3-4,7-8H,1-2,5-6,9-12H2. The second-order valence-corrected chi connectivity index (χ2v) is 6.18. The van der Waals surface area contributed by atoms with Crippen LogP contribution in [0.15, 0.2) is 24.3 Å². The minimum atomic E-state index is -0.303. The van der Waals surface area contributed by atoms with Gasteiger partial charge < -0.3 is 4.90 Å². The molecule has 0 aromatic heterocycles. The van der Waals surface area contributed by atoms with Gasteiger partial charge in [0.2, 0.25) is 5.91 Å². The number of rotatable bonds is 2. The third-order valence-corrected chi connectivity index (χ3v) is 4.77. The van der Waals surface area contributed by atoms with E-state index >= 15 is 0 Å². The van der Waals surface area contributed by atoms with E-state index in [9.17, 15) is 4.79 Å². The van der Waals surface area contributed by atoms with Gasteiger partial charge in [0.05, 0.1) is 5.41 Å². The first-order valence-electron chi connectivity index (χ1n) is 7.28. The fourth-order valence-electron chi connectivity index (χ4n) is 3.15. The van der Waals surface area contributed by atoms with Crippen molar-refractivity contribution in [3.63, 3.8) is 0 Å². The molecule has 19 heavy (non-hydrogen) atoms. The Labute approximate surface area is 119 Å². The number of amides is 1. The molecular formula is C16H20ClNO. The van der Waals surface area contributed by atoms with Crippen molar-refractivity contribution >= 4 is 17.5 Å². The molecule has 3 heteroatoms. The molecule has 102 valence electrons. The van der Waals surface area contributed by atoms with Crippen LogP contribution in [0.25, 0.3) is 0 Å². The van der Waals surface area contributed by atoms with Crippen LogP contribution in [0.2, 0.25) is 5.02 Å². The fourth-order valence-corrected chi connectivity index (χ4v) is 3.47. The number of carbonyl (C=O) groups is 1. The van der Waals surface area contributed by atoms with Crippen molar-refractivity contribution in [2.45, 2.75) is 43.9 Å². The van der Waals surface area contributed by atoms with Gasteiger partial charge in [0.25, 0.3) is 0 Å². The number of hydrogen-bond donors (Lipinski definition) is 0. The average molecular weight is 278 g/mol. The Morgan fingerprint density at radius 1 is 1.05 bits per heavy atom. The van der Waals surface area contributed by atoms with Crippen LogP contribution in [-0.2, 0) is 10.2 Å². The van der Waals surface area contributed by atoms with Crippen LogP contribution in [0.4, 0.5) is 0 Å². The highest BCUT2D eigenvalue weighted by Crippen LogP contribution is 2.51. The first kappa shape index (κ1) is 13.0. The molecule has 2 fully saturated rings. The molecule has 1 saturated heterocycles. The predicted octanol–water partition coefficient (Wildman–Crippen LogP) is 3.77. The summed E-state index contributed by atoms with van der Waals surface area (Å²) in [6.07, 6.45) is 6.69. The van der Waals surface area contributed by atoms with Crippen molar-refractivity contribution in [2.75, 3.05) is 13.1 Å². The van der Waals surface area contributed by atoms with Crippen LogP contribution in [-0.4, -0.2) is 23.9 Å². The van der Waals surface area contributed by atoms with E-state index in [0.717, 1.165) is 49.4 Å². The zero-order valence-electron chi connectivity index (χ0n) is 11.2. The maximum atomic E-state index is 12.9. The van der Waals surface area contributed by atoms with Crippen LogP contribution in [0.5, 0.6) is 0 Å². The monoisotopic (exact) mass is 277 g/mol. The topological polar surface area (TPSA) is 20.3 Å². The largest absolute Gasteiger partial charge is 0.342 e. The van der Waals surface area contributed by atoms with Crippen LogP contribution in [0.1, 0.15) is 44.1 Å². The highest BCUT2D eigenvalue weighted by molar-refractivity contribution is 6.31. The lowest BCUT2D eigenvalue weighted by Crippen LogP contribution is -2.40. The molecular weight excluding hydrogens is 258 g/mol. The minimum absolute atomic E-state index is 0.303. The van der Waals surface area contributed by atoms with Gasteiger partial charge in [0.15, 0.2) is 0 Å². The number of benzene rings is 1. The van der Waals surface area contributed by atoms with Gasteiger partial charge in [-0.3, -0.25) is 4.79 Å². The van der Waals surface area contributed by atoms with Crippen LogP contribution in [0, 0.1) is 0 Å². The Morgan fingerprint density at radius 3 is 2.26 bits per heavy atom. The van der Waals surface area contributed by atoms with Crippen molar-refractivity contribution in [1.82, 2.24) is 4.90 Å². The molecule has 0 atom stereocenters. The zero-order valence-corrected chi connectivity index (χ0v) is 12.0. The number of carbonyl (C=O) groups excluding carboxylic acids is 1. The first-order valence-corrected chi connectivity index (χ1v) is 7.66. The molecule has 0 unspecified atom stereocenters. The van der Waals surface area contributed by atoms with Crippen molar-refractivity contribution in [1.29, 1.82) is 0 Å².